The van der Waals surface area contributed by atoms with E-state index in [1.165, 1.54) is 18.2 Å². The highest BCUT2D eigenvalue weighted by Crippen LogP contribution is 2.38. The van der Waals surface area contributed by atoms with Gasteiger partial charge in [0.25, 0.3) is 0 Å². The number of benzene rings is 2. The molecule has 138 valence electrons. The van der Waals surface area contributed by atoms with E-state index < -0.39 is 35.4 Å². The number of hydrogen-bond acceptors (Lipinski definition) is 2. The van der Waals surface area contributed by atoms with Crippen LogP contribution in [0, 0.1) is 0 Å². The highest BCUT2D eigenvalue weighted by molar-refractivity contribution is 5.88. The summed E-state index contributed by atoms with van der Waals surface area (Å²) < 4.78 is 80.4. The summed E-state index contributed by atoms with van der Waals surface area (Å²) in [6.45, 7) is 0. The van der Waals surface area contributed by atoms with E-state index in [1.807, 2.05) is 0 Å². The molecular weight excluding hydrogens is 366 g/mol. The van der Waals surface area contributed by atoms with Gasteiger partial charge in [0.05, 0.1) is 5.56 Å². The zero-order valence-electron chi connectivity index (χ0n) is 12.7. The quantitative estimate of drug-likeness (QED) is 0.577. The summed E-state index contributed by atoms with van der Waals surface area (Å²) in [5.41, 5.74) is -1.69. The molecule has 0 spiro atoms. The fraction of sp³-hybridized carbons (Fsp3) is 0.118. The largest absolute Gasteiger partial charge is 0.573 e. The Morgan fingerprint density at radius 1 is 1.00 bits per heavy atom. The van der Waals surface area contributed by atoms with Crippen LogP contribution >= 0.6 is 0 Å². The second kappa shape index (κ2) is 7.11. The van der Waals surface area contributed by atoms with Crippen LogP contribution in [0.25, 0.3) is 17.2 Å². The average molecular weight is 376 g/mol. The molecule has 0 aliphatic carbocycles. The molecule has 1 N–H and O–H groups in total. The predicted octanol–water partition coefficient (Wildman–Crippen LogP) is 5.37. The second-order valence-corrected chi connectivity index (χ2v) is 5.01. The standard InChI is InChI=1S/C17H10F6O3/c18-16(19,20)14-6-2-5-12(13(14)7-8-15(24)25)10-3-1-4-11(9-10)26-17(21,22)23/h1-9H,(H,24,25)/b8-7+. The maximum absolute atomic E-state index is 13.2. The number of hydrogen-bond donors (Lipinski definition) is 1. The average Bonchev–Trinajstić information content (AvgIpc) is 2.50. The Labute approximate surface area is 143 Å². The van der Waals surface area contributed by atoms with Crippen molar-refractivity contribution in [3.63, 3.8) is 0 Å². The van der Waals surface area contributed by atoms with Gasteiger partial charge in [0, 0.05) is 6.08 Å². The van der Waals surface area contributed by atoms with Gasteiger partial charge in [-0.05, 0) is 41.0 Å². The van der Waals surface area contributed by atoms with Gasteiger partial charge >= 0.3 is 18.5 Å². The minimum absolute atomic E-state index is 0.00267. The van der Waals surface area contributed by atoms with E-state index in [0.717, 1.165) is 30.3 Å². The van der Waals surface area contributed by atoms with Crippen molar-refractivity contribution >= 4 is 12.0 Å². The Balaban J connectivity index is 2.62. The molecular formula is C17H10F6O3. The lowest BCUT2D eigenvalue weighted by atomic mass is 9.94. The second-order valence-electron chi connectivity index (χ2n) is 5.01. The number of carboxylic acid groups (broad SMARTS) is 1. The van der Waals surface area contributed by atoms with Crippen molar-refractivity contribution in [3.8, 4) is 16.9 Å². The van der Waals surface area contributed by atoms with E-state index in [1.54, 1.807) is 0 Å². The molecule has 2 rings (SSSR count). The smallest absolute Gasteiger partial charge is 0.478 e. The number of alkyl halides is 6. The van der Waals surface area contributed by atoms with Gasteiger partial charge in [0.2, 0.25) is 0 Å². The zero-order valence-corrected chi connectivity index (χ0v) is 12.7. The minimum atomic E-state index is -4.96. The van der Waals surface area contributed by atoms with Gasteiger partial charge < -0.3 is 9.84 Å². The first kappa shape index (κ1) is 19.4. The Hall–Kier alpha value is -2.97. The molecule has 0 unspecified atom stereocenters. The van der Waals surface area contributed by atoms with Crippen molar-refractivity contribution in [2.75, 3.05) is 0 Å². The maximum Gasteiger partial charge on any atom is 0.573 e. The van der Waals surface area contributed by atoms with Gasteiger partial charge in [-0.2, -0.15) is 13.2 Å². The molecule has 0 aliphatic rings. The number of halogens is 6. The summed E-state index contributed by atoms with van der Waals surface area (Å²) in [5.74, 6) is -2.08. The molecule has 0 saturated heterocycles. The SMILES string of the molecule is O=C(O)/C=C/c1c(-c2cccc(OC(F)(F)F)c2)cccc1C(F)(F)F. The molecule has 0 aromatic heterocycles. The van der Waals surface area contributed by atoms with E-state index >= 15 is 0 Å². The number of aliphatic carboxylic acids is 1. The molecule has 3 nitrogen and oxygen atoms in total. The summed E-state index contributed by atoms with van der Waals surface area (Å²) in [7, 11) is 0. The van der Waals surface area contributed by atoms with Gasteiger partial charge in [-0.1, -0.05) is 24.3 Å². The van der Waals surface area contributed by atoms with Crippen LogP contribution in [0.15, 0.2) is 48.5 Å². The van der Waals surface area contributed by atoms with Gasteiger partial charge in [-0.15, -0.1) is 13.2 Å². The molecule has 2 aromatic carbocycles. The lowest BCUT2D eigenvalue weighted by Crippen LogP contribution is -2.17. The van der Waals surface area contributed by atoms with Crippen molar-refractivity contribution in [2.45, 2.75) is 12.5 Å². The first-order chi connectivity index (χ1) is 12.0. The molecule has 0 radical (unpaired) electrons. The first-order valence-electron chi connectivity index (χ1n) is 6.95. The number of rotatable bonds is 4. The third kappa shape index (κ3) is 5.01. The number of carboxylic acids is 1. The van der Waals surface area contributed by atoms with Crippen LogP contribution in [0.4, 0.5) is 26.3 Å². The van der Waals surface area contributed by atoms with Gasteiger partial charge in [0.15, 0.2) is 0 Å². The van der Waals surface area contributed by atoms with Crippen LogP contribution in [-0.4, -0.2) is 17.4 Å². The number of carbonyl (C=O) groups is 1. The summed E-state index contributed by atoms with van der Waals surface area (Å²) in [6, 6.07) is 7.45. The third-order valence-electron chi connectivity index (χ3n) is 3.18. The lowest BCUT2D eigenvalue weighted by molar-refractivity contribution is -0.274. The molecule has 0 atom stereocenters. The summed E-state index contributed by atoms with van der Waals surface area (Å²) in [6.07, 6.45) is -8.48. The molecule has 9 heteroatoms. The van der Waals surface area contributed by atoms with Gasteiger partial charge in [-0.3, -0.25) is 0 Å². The maximum atomic E-state index is 13.2. The topological polar surface area (TPSA) is 46.5 Å². The van der Waals surface area contributed by atoms with Crippen LogP contribution in [0.2, 0.25) is 0 Å². The normalized spacial score (nSPS) is 12.4. The summed E-state index contributed by atoms with van der Waals surface area (Å²) in [4.78, 5) is 10.7. The van der Waals surface area contributed by atoms with Crippen molar-refractivity contribution < 1.29 is 41.0 Å². The lowest BCUT2D eigenvalue weighted by Gasteiger charge is -2.15. The van der Waals surface area contributed by atoms with Gasteiger partial charge in [0.1, 0.15) is 5.75 Å². The Morgan fingerprint density at radius 3 is 2.23 bits per heavy atom. The van der Waals surface area contributed by atoms with E-state index in [9.17, 15) is 31.1 Å². The van der Waals surface area contributed by atoms with Crippen LogP contribution < -0.4 is 4.74 Å². The Morgan fingerprint density at radius 2 is 1.65 bits per heavy atom. The zero-order chi connectivity index (χ0) is 19.5. The van der Waals surface area contributed by atoms with Crippen LogP contribution in [0.1, 0.15) is 11.1 Å². The van der Waals surface area contributed by atoms with Crippen LogP contribution in [0.3, 0.4) is 0 Å². The molecule has 2 aromatic rings. The fourth-order valence-electron chi connectivity index (χ4n) is 2.26. The van der Waals surface area contributed by atoms with Crippen LogP contribution in [-0.2, 0) is 11.0 Å². The molecule has 26 heavy (non-hydrogen) atoms. The predicted molar refractivity (Wildman–Crippen MR) is 80.2 cm³/mol. The van der Waals surface area contributed by atoms with E-state index in [4.69, 9.17) is 5.11 Å². The van der Waals surface area contributed by atoms with E-state index in [0.29, 0.717) is 6.08 Å². The minimum Gasteiger partial charge on any atom is -0.478 e. The van der Waals surface area contributed by atoms with Crippen LogP contribution in [0.5, 0.6) is 5.75 Å². The van der Waals surface area contributed by atoms with E-state index in [2.05, 4.69) is 4.74 Å². The summed E-state index contributed by atoms with van der Waals surface area (Å²) in [5, 5.41) is 8.69. The summed E-state index contributed by atoms with van der Waals surface area (Å²) >= 11 is 0. The molecule has 0 heterocycles. The highest BCUT2D eigenvalue weighted by Gasteiger charge is 2.34. The Kier molecular flexibility index (Phi) is 5.29. The van der Waals surface area contributed by atoms with Crippen molar-refractivity contribution in [3.05, 3.63) is 59.7 Å². The monoisotopic (exact) mass is 376 g/mol. The molecule has 0 amide bonds. The van der Waals surface area contributed by atoms with Crippen molar-refractivity contribution in [2.24, 2.45) is 0 Å². The fourth-order valence-corrected chi connectivity index (χ4v) is 2.26. The molecule has 0 bridgehead atoms. The van der Waals surface area contributed by atoms with Crippen molar-refractivity contribution in [1.82, 2.24) is 0 Å². The third-order valence-corrected chi connectivity index (χ3v) is 3.18. The highest BCUT2D eigenvalue weighted by atomic mass is 19.4. The van der Waals surface area contributed by atoms with Crippen molar-refractivity contribution in [1.29, 1.82) is 0 Å². The van der Waals surface area contributed by atoms with Gasteiger partial charge in [-0.25, -0.2) is 4.79 Å². The number of ether oxygens (including phenoxy) is 1. The Bertz CT molecular complexity index is 837. The molecule has 0 fully saturated rings. The van der Waals surface area contributed by atoms with E-state index in [-0.39, 0.29) is 11.1 Å². The first-order valence-corrected chi connectivity index (χ1v) is 6.95. The molecule has 0 saturated carbocycles. The molecule has 0 aliphatic heterocycles.